The Bertz CT molecular complexity index is 3340. The first-order chi connectivity index (χ1) is 37.3. The molecule has 78 heavy (non-hydrogen) atoms. The highest BCUT2D eigenvalue weighted by molar-refractivity contribution is 7.12. The molecule has 0 saturated carbocycles. The van der Waals surface area contributed by atoms with Crippen LogP contribution in [-0.4, -0.2) is 91.6 Å². The summed E-state index contributed by atoms with van der Waals surface area (Å²) in [5.41, 5.74) is 5.79. The van der Waals surface area contributed by atoms with E-state index >= 15 is 0 Å². The van der Waals surface area contributed by atoms with Gasteiger partial charge in [0.15, 0.2) is 0 Å². The van der Waals surface area contributed by atoms with Gasteiger partial charge in [0.25, 0.3) is 11.8 Å². The molecule has 0 radical (unpaired) electrons. The number of aromatic nitrogens is 4. The average Bonchev–Trinajstić information content (AvgIpc) is 4.14. The lowest BCUT2D eigenvalue weighted by molar-refractivity contribution is -0.138. The van der Waals surface area contributed by atoms with Crippen LogP contribution in [0.5, 0.6) is 0 Å². The summed E-state index contributed by atoms with van der Waals surface area (Å²) in [5.74, 6) is -1.67. The van der Waals surface area contributed by atoms with Crippen molar-refractivity contribution in [3.63, 3.8) is 0 Å². The number of benzene rings is 4. The predicted molar refractivity (Wildman–Crippen MR) is 301 cm³/mol. The number of nitrogens with zero attached hydrogens (tertiary/aromatic N) is 4. The van der Waals surface area contributed by atoms with Crippen LogP contribution in [0.15, 0.2) is 139 Å². The van der Waals surface area contributed by atoms with Crippen LogP contribution in [0.1, 0.15) is 87.7 Å². The standard InChI is InChI=1S/C30H31N5O4S.C26H23N5O5S.CH4/c1-20(37)17-23(19-36)34-30(39)24(27-10-6-16-40-27)7-4-5-15-31-29(38)21-11-13-22(14-12-21)33-28-18-32-25-8-2-3-9-26(25)35-28;32-15-18(11-25(34)35)30-24(33)12-19-9-10-20(37-19)13-28-26(36)16-5-7-17(8-6-16)29-23-14-27-21-3-1-2-4-22(21)31-23;/h2-3,6,8-14,16,18-19,23-24H,4-5,7,15,17H2,1H3,(H,31,38)(H,33,35)(H,34,39);1-10,14-15,18H,11-13H2,(H,28,36)(H,29,31)(H,30,33)(H,34,35);1H4. The molecule has 0 aliphatic carbocycles. The van der Waals surface area contributed by atoms with Crippen LogP contribution in [0.4, 0.5) is 23.0 Å². The third-order valence-corrected chi connectivity index (χ3v) is 13.6. The van der Waals surface area contributed by atoms with Crippen LogP contribution in [0.3, 0.4) is 0 Å². The Labute approximate surface area is 457 Å². The van der Waals surface area contributed by atoms with Crippen LogP contribution in [0, 0.1) is 0 Å². The van der Waals surface area contributed by atoms with Gasteiger partial charge in [0, 0.05) is 50.1 Å². The molecule has 3 atom stereocenters. The third kappa shape index (κ3) is 17.8. The van der Waals surface area contributed by atoms with Crippen molar-refractivity contribution in [3.05, 3.63) is 165 Å². The zero-order chi connectivity index (χ0) is 54.5. The molecule has 402 valence electrons. The van der Waals surface area contributed by atoms with E-state index < -0.39 is 36.3 Å². The number of thiophene rings is 2. The van der Waals surface area contributed by atoms with E-state index in [2.05, 4.69) is 51.8 Å². The highest BCUT2D eigenvalue weighted by atomic mass is 32.1. The summed E-state index contributed by atoms with van der Waals surface area (Å²) >= 11 is 2.83. The molecule has 0 aliphatic rings. The number of aliphatic carboxylic acids is 1. The normalized spacial score (nSPS) is 11.8. The zero-order valence-corrected chi connectivity index (χ0v) is 43.3. The maximum absolute atomic E-state index is 12.9. The van der Waals surface area contributed by atoms with Gasteiger partial charge in [-0.25, -0.2) is 9.97 Å². The number of carbonyl (C=O) groups excluding carboxylic acids is 7. The fourth-order valence-electron chi connectivity index (χ4n) is 7.76. The minimum atomic E-state index is -1.17. The number of hydrogen-bond donors (Lipinski definition) is 7. The second-order valence-electron chi connectivity index (χ2n) is 17.5. The second kappa shape index (κ2) is 29.3. The zero-order valence-electron chi connectivity index (χ0n) is 41.6. The van der Waals surface area contributed by atoms with E-state index in [1.54, 1.807) is 60.9 Å². The first-order valence-corrected chi connectivity index (χ1v) is 26.1. The van der Waals surface area contributed by atoms with Crippen LogP contribution in [0.2, 0.25) is 0 Å². The highest BCUT2D eigenvalue weighted by Gasteiger charge is 2.24. The molecule has 0 bridgehead atoms. The number of rotatable bonds is 25. The lowest BCUT2D eigenvalue weighted by atomic mass is 9.98. The Balaban J connectivity index is 0.000000250. The van der Waals surface area contributed by atoms with E-state index in [0.29, 0.717) is 61.1 Å². The van der Waals surface area contributed by atoms with Gasteiger partial charge in [0.05, 0.1) is 71.8 Å². The Kier molecular flexibility index (Phi) is 21.8. The molecule has 0 saturated heterocycles. The number of Topliss-reactive ketones (excluding diaryl/α,β-unsaturated/α-hetero) is 1. The monoisotopic (exact) mass is 1090 g/mol. The molecular formula is C57H58N10O9S2. The lowest BCUT2D eigenvalue weighted by Crippen LogP contribution is -2.40. The van der Waals surface area contributed by atoms with Crippen molar-refractivity contribution in [1.29, 1.82) is 0 Å². The molecule has 3 unspecified atom stereocenters. The van der Waals surface area contributed by atoms with Crippen molar-refractivity contribution < 1.29 is 43.5 Å². The van der Waals surface area contributed by atoms with Crippen LogP contribution in [0.25, 0.3) is 22.1 Å². The van der Waals surface area contributed by atoms with Gasteiger partial charge in [-0.05, 0) is 116 Å². The summed E-state index contributed by atoms with van der Waals surface area (Å²) in [6.07, 6.45) is 5.79. The molecule has 21 heteroatoms. The van der Waals surface area contributed by atoms with E-state index in [-0.39, 0.29) is 50.3 Å². The number of carboxylic acids is 1. The van der Waals surface area contributed by atoms with E-state index in [1.165, 1.54) is 29.6 Å². The summed E-state index contributed by atoms with van der Waals surface area (Å²) in [5, 5.41) is 27.9. The fourth-order valence-corrected chi connectivity index (χ4v) is 9.57. The molecule has 0 spiro atoms. The van der Waals surface area contributed by atoms with Crippen molar-refractivity contribution >= 4 is 116 Å². The Morgan fingerprint density at radius 1 is 0.615 bits per heavy atom. The maximum atomic E-state index is 12.9. The number of hydrogen-bond acceptors (Lipinski definition) is 16. The van der Waals surface area contributed by atoms with Crippen molar-refractivity contribution in [3.8, 4) is 0 Å². The topological polar surface area (TPSA) is 281 Å². The molecule has 4 heterocycles. The summed E-state index contributed by atoms with van der Waals surface area (Å²) in [6.45, 7) is 2.14. The van der Waals surface area contributed by atoms with Gasteiger partial charge in [-0.15, -0.1) is 22.7 Å². The van der Waals surface area contributed by atoms with E-state index in [1.807, 2.05) is 78.2 Å². The number of nitrogens with one attached hydrogen (secondary N) is 6. The molecular weight excluding hydrogens is 1030 g/mol. The lowest BCUT2D eigenvalue weighted by Gasteiger charge is -2.18. The van der Waals surface area contributed by atoms with Gasteiger partial charge in [0.1, 0.15) is 30.0 Å². The SMILES string of the molecule is C.CC(=O)CC(C=O)NC(=O)C(CCCCNC(=O)c1ccc(Nc2cnc3ccccc3n2)cc1)c1cccs1.O=CC(CC(=O)O)NC(=O)Cc1ccc(CNC(=O)c2ccc(Nc3cnc4ccccc4n3)cc2)s1. The second-order valence-corrected chi connectivity index (χ2v) is 19.7. The number of unbranched alkanes of at least 4 members (excludes halogenated alkanes) is 1. The molecule has 0 aliphatic heterocycles. The molecule has 4 aromatic heterocycles. The molecule has 4 aromatic carbocycles. The van der Waals surface area contributed by atoms with Crippen molar-refractivity contribution in [2.75, 3.05) is 17.2 Å². The molecule has 4 amide bonds. The van der Waals surface area contributed by atoms with Gasteiger partial charge < -0.3 is 46.6 Å². The van der Waals surface area contributed by atoms with Crippen molar-refractivity contribution in [2.24, 2.45) is 0 Å². The van der Waals surface area contributed by atoms with Crippen LogP contribution in [-0.2, 0) is 41.7 Å². The smallest absolute Gasteiger partial charge is 0.305 e. The molecule has 8 rings (SSSR count). The Morgan fingerprint density at radius 2 is 1.15 bits per heavy atom. The quantitative estimate of drug-likeness (QED) is 0.0209. The van der Waals surface area contributed by atoms with Crippen molar-refractivity contribution in [1.82, 2.24) is 41.2 Å². The number of carbonyl (C=O) groups is 8. The minimum Gasteiger partial charge on any atom is -0.481 e. The molecule has 7 N–H and O–H groups in total. The molecule has 8 aromatic rings. The van der Waals surface area contributed by atoms with Gasteiger partial charge >= 0.3 is 5.97 Å². The summed E-state index contributed by atoms with van der Waals surface area (Å²) in [6, 6.07) is 34.8. The predicted octanol–water partition coefficient (Wildman–Crippen LogP) is 8.48. The highest BCUT2D eigenvalue weighted by Crippen LogP contribution is 2.27. The third-order valence-electron chi connectivity index (χ3n) is 11.5. The number of carboxylic acid groups (broad SMARTS) is 1. The summed E-state index contributed by atoms with van der Waals surface area (Å²) in [7, 11) is 0. The maximum Gasteiger partial charge on any atom is 0.305 e. The summed E-state index contributed by atoms with van der Waals surface area (Å²) in [4.78, 5) is 115. The van der Waals surface area contributed by atoms with Crippen LogP contribution < -0.4 is 31.9 Å². The fraction of sp³-hybridized carbons (Fsp3) is 0.228. The number of para-hydroxylation sites is 4. The van der Waals surface area contributed by atoms with Gasteiger partial charge in [-0.2, -0.15) is 0 Å². The summed E-state index contributed by atoms with van der Waals surface area (Å²) < 4.78 is 0. The van der Waals surface area contributed by atoms with Gasteiger partial charge in [0.2, 0.25) is 11.8 Å². The largest absolute Gasteiger partial charge is 0.481 e. The van der Waals surface area contributed by atoms with Gasteiger partial charge in [-0.3, -0.25) is 38.7 Å². The number of amides is 4. The first-order valence-electron chi connectivity index (χ1n) is 24.4. The van der Waals surface area contributed by atoms with Crippen LogP contribution >= 0.6 is 22.7 Å². The Morgan fingerprint density at radius 3 is 1.68 bits per heavy atom. The average molecular weight is 1090 g/mol. The number of aldehydes is 2. The van der Waals surface area contributed by atoms with E-state index in [0.717, 1.165) is 48.1 Å². The number of anilines is 4. The molecule has 0 fully saturated rings. The first kappa shape index (κ1) is 58.2. The van der Waals surface area contributed by atoms with E-state index in [9.17, 15) is 38.4 Å². The number of fused-ring (bicyclic) bond motifs is 2. The number of ketones is 1. The van der Waals surface area contributed by atoms with Gasteiger partial charge in [-0.1, -0.05) is 44.2 Å². The minimum absolute atomic E-state index is 0. The Hall–Kier alpha value is -9.08. The molecule has 19 nitrogen and oxygen atoms in total. The van der Waals surface area contributed by atoms with Crippen molar-refractivity contribution in [2.45, 2.75) is 77.4 Å². The van der Waals surface area contributed by atoms with E-state index in [4.69, 9.17) is 5.11 Å².